The van der Waals surface area contributed by atoms with Crippen LogP contribution in [0.4, 0.5) is 5.82 Å². The Kier molecular flexibility index (Phi) is 2.73. The van der Waals surface area contributed by atoms with E-state index in [2.05, 4.69) is 27.1 Å². The summed E-state index contributed by atoms with van der Waals surface area (Å²) >= 11 is 0. The number of rotatable bonds is 3. The fourth-order valence-corrected chi connectivity index (χ4v) is 1.81. The number of nitrogens with zero attached hydrogens (tertiary/aromatic N) is 2. The molecular weight excluding hydrogens is 192 g/mol. The molecule has 1 aliphatic heterocycles. The topological polar surface area (TPSA) is 61.0 Å². The van der Waals surface area contributed by atoms with Gasteiger partial charge in [0, 0.05) is 25.7 Å². The molecule has 0 aliphatic carbocycles. The van der Waals surface area contributed by atoms with Gasteiger partial charge in [0.05, 0.1) is 6.04 Å². The third-order valence-corrected chi connectivity index (χ3v) is 2.68. The molecule has 5 nitrogen and oxygen atoms in total. The van der Waals surface area contributed by atoms with Crippen molar-refractivity contribution in [2.75, 3.05) is 24.5 Å². The monoisotopic (exact) mass is 208 g/mol. The Balaban J connectivity index is 2.28. The third-order valence-electron chi connectivity index (χ3n) is 2.68. The van der Waals surface area contributed by atoms with Gasteiger partial charge in [0.2, 0.25) is 0 Å². The number of aryl methyl sites for hydroxylation is 1. The van der Waals surface area contributed by atoms with Crippen molar-refractivity contribution in [2.45, 2.75) is 19.9 Å². The zero-order valence-electron chi connectivity index (χ0n) is 9.08. The molecule has 15 heavy (non-hydrogen) atoms. The molecule has 0 spiro atoms. The number of nitrogens with one attached hydrogen (secondary N) is 2. The van der Waals surface area contributed by atoms with Gasteiger partial charge in [0.15, 0.2) is 0 Å². The van der Waals surface area contributed by atoms with Gasteiger partial charge in [0.1, 0.15) is 11.6 Å². The van der Waals surface area contributed by atoms with E-state index in [9.17, 15) is 4.79 Å². The molecule has 0 aromatic carbocycles. The highest BCUT2D eigenvalue weighted by molar-refractivity contribution is 5.39. The normalized spacial score (nSPS) is 16.1. The molecule has 1 aromatic heterocycles. The molecule has 2 heterocycles. The third kappa shape index (κ3) is 2.02. The zero-order valence-corrected chi connectivity index (χ0v) is 9.08. The van der Waals surface area contributed by atoms with Gasteiger partial charge in [-0.3, -0.25) is 4.79 Å². The molecule has 0 saturated carbocycles. The Labute approximate surface area is 88.5 Å². The molecular formula is C10H16N4O. The highest BCUT2D eigenvalue weighted by Crippen LogP contribution is 2.14. The predicted octanol–water partition coefficient (Wildman–Crippen LogP) is -0.124. The van der Waals surface area contributed by atoms with Crippen molar-refractivity contribution in [3.8, 4) is 0 Å². The zero-order chi connectivity index (χ0) is 10.8. The van der Waals surface area contributed by atoms with Gasteiger partial charge < -0.3 is 15.2 Å². The molecule has 1 fully saturated rings. The van der Waals surface area contributed by atoms with E-state index >= 15 is 0 Å². The fourth-order valence-electron chi connectivity index (χ4n) is 1.81. The Morgan fingerprint density at radius 2 is 2.33 bits per heavy atom. The summed E-state index contributed by atoms with van der Waals surface area (Å²) in [7, 11) is 0. The maximum Gasteiger partial charge on any atom is 0.252 e. The summed E-state index contributed by atoms with van der Waals surface area (Å²) in [5, 5.41) is 3.22. The van der Waals surface area contributed by atoms with Crippen LogP contribution in [0.1, 0.15) is 12.7 Å². The second-order valence-electron chi connectivity index (χ2n) is 3.79. The fraction of sp³-hybridized carbons (Fsp3) is 0.600. The van der Waals surface area contributed by atoms with Crippen LogP contribution >= 0.6 is 0 Å². The maximum atomic E-state index is 11.3. The van der Waals surface area contributed by atoms with Crippen LogP contribution in [0.3, 0.4) is 0 Å². The molecule has 0 bridgehead atoms. The van der Waals surface area contributed by atoms with Crippen molar-refractivity contribution in [2.24, 2.45) is 0 Å². The van der Waals surface area contributed by atoms with Crippen LogP contribution in [0, 0.1) is 6.92 Å². The van der Waals surface area contributed by atoms with E-state index in [0.717, 1.165) is 25.5 Å². The Morgan fingerprint density at radius 1 is 1.60 bits per heavy atom. The molecule has 1 aliphatic rings. The average molecular weight is 208 g/mol. The molecule has 1 aromatic rings. The first-order valence-corrected chi connectivity index (χ1v) is 5.26. The average Bonchev–Trinajstić information content (AvgIpc) is 2.08. The van der Waals surface area contributed by atoms with E-state index in [1.165, 1.54) is 0 Å². The van der Waals surface area contributed by atoms with Crippen LogP contribution < -0.4 is 15.8 Å². The van der Waals surface area contributed by atoms with E-state index in [1.54, 1.807) is 13.0 Å². The minimum absolute atomic E-state index is 0.0803. The number of likely N-dealkylation sites (N-methyl/N-ethyl adjacent to an activating group) is 1. The first-order valence-electron chi connectivity index (χ1n) is 5.26. The van der Waals surface area contributed by atoms with Crippen LogP contribution in [0.2, 0.25) is 0 Å². The van der Waals surface area contributed by atoms with Crippen molar-refractivity contribution >= 4 is 5.82 Å². The smallest absolute Gasteiger partial charge is 0.252 e. The van der Waals surface area contributed by atoms with Gasteiger partial charge >= 0.3 is 0 Å². The maximum absolute atomic E-state index is 11.3. The first-order chi connectivity index (χ1) is 7.20. The molecule has 0 atom stereocenters. The minimum atomic E-state index is -0.0803. The lowest BCUT2D eigenvalue weighted by molar-refractivity contribution is 0.415. The molecule has 1 saturated heterocycles. The van der Waals surface area contributed by atoms with Gasteiger partial charge in [-0.05, 0) is 13.8 Å². The molecule has 0 unspecified atom stereocenters. The van der Waals surface area contributed by atoms with Gasteiger partial charge in [-0.1, -0.05) is 0 Å². The van der Waals surface area contributed by atoms with Crippen LogP contribution in [0.25, 0.3) is 0 Å². The number of anilines is 1. The molecule has 82 valence electrons. The number of aromatic amines is 1. The Bertz CT molecular complexity index is 397. The van der Waals surface area contributed by atoms with Gasteiger partial charge in [0.25, 0.3) is 5.56 Å². The van der Waals surface area contributed by atoms with Crippen LogP contribution in [0.15, 0.2) is 10.9 Å². The predicted molar refractivity (Wildman–Crippen MR) is 59.3 cm³/mol. The summed E-state index contributed by atoms with van der Waals surface area (Å²) in [6, 6.07) is 2.04. The summed E-state index contributed by atoms with van der Waals surface area (Å²) in [5.41, 5.74) is -0.0803. The van der Waals surface area contributed by atoms with Gasteiger partial charge in [-0.15, -0.1) is 0 Å². The van der Waals surface area contributed by atoms with Crippen LogP contribution in [-0.2, 0) is 0 Å². The number of H-pyrrole nitrogens is 1. The highest BCUT2D eigenvalue weighted by atomic mass is 16.1. The van der Waals surface area contributed by atoms with Crippen molar-refractivity contribution in [3.05, 3.63) is 22.2 Å². The summed E-state index contributed by atoms with van der Waals surface area (Å²) in [6.07, 6.45) is 0. The van der Waals surface area contributed by atoms with E-state index in [-0.39, 0.29) is 5.56 Å². The lowest BCUT2D eigenvalue weighted by Crippen LogP contribution is -2.57. The lowest BCUT2D eigenvalue weighted by atomic mass is 10.1. The summed E-state index contributed by atoms with van der Waals surface area (Å²) in [5.74, 6) is 1.45. The van der Waals surface area contributed by atoms with Crippen LogP contribution in [-0.4, -0.2) is 35.6 Å². The molecule has 0 radical (unpaired) electrons. The quantitative estimate of drug-likeness (QED) is 0.727. The van der Waals surface area contributed by atoms with Crippen molar-refractivity contribution < 1.29 is 0 Å². The SMILES string of the molecule is CCN(c1cc(=O)[nH]c(C)n1)C1CNC1. The van der Waals surface area contributed by atoms with Crippen molar-refractivity contribution in [1.82, 2.24) is 15.3 Å². The lowest BCUT2D eigenvalue weighted by Gasteiger charge is -2.38. The summed E-state index contributed by atoms with van der Waals surface area (Å²) < 4.78 is 0. The second kappa shape index (κ2) is 4.02. The van der Waals surface area contributed by atoms with E-state index in [1.807, 2.05) is 0 Å². The first kappa shape index (κ1) is 10.2. The minimum Gasteiger partial charge on any atom is -0.351 e. The summed E-state index contributed by atoms with van der Waals surface area (Å²) in [4.78, 5) is 20.5. The highest BCUT2D eigenvalue weighted by Gasteiger charge is 2.24. The number of hydrogen-bond donors (Lipinski definition) is 2. The van der Waals surface area contributed by atoms with Crippen molar-refractivity contribution in [1.29, 1.82) is 0 Å². The standard InChI is InChI=1S/C10H16N4O/c1-3-14(8-5-11-6-8)9-4-10(15)13-7(2)12-9/h4,8,11H,3,5-6H2,1-2H3,(H,12,13,15). The van der Waals surface area contributed by atoms with Gasteiger partial charge in [-0.2, -0.15) is 0 Å². The summed E-state index contributed by atoms with van der Waals surface area (Å²) in [6.45, 7) is 6.71. The Morgan fingerprint density at radius 3 is 2.80 bits per heavy atom. The molecule has 2 N–H and O–H groups in total. The van der Waals surface area contributed by atoms with Crippen molar-refractivity contribution in [3.63, 3.8) is 0 Å². The largest absolute Gasteiger partial charge is 0.351 e. The number of hydrogen-bond acceptors (Lipinski definition) is 4. The molecule has 2 rings (SSSR count). The van der Waals surface area contributed by atoms with E-state index in [4.69, 9.17) is 0 Å². The molecule has 0 amide bonds. The van der Waals surface area contributed by atoms with E-state index < -0.39 is 0 Å². The Hall–Kier alpha value is -1.36. The molecule has 5 heteroatoms. The second-order valence-corrected chi connectivity index (χ2v) is 3.79. The number of aromatic nitrogens is 2. The van der Waals surface area contributed by atoms with E-state index in [0.29, 0.717) is 11.9 Å². The van der Waals surface area contributed by atoms with Gasteiger partial charge in [-0.25, -0.2) is 4.98 Å². The van der Waals surface area contributed by atoms with Crippen LogP contribution in [0.5, 0.6) is 0 Å².